The summed E-state index contributed by atoms with van der Waals surface area (Å²) < 4.78 is 11.1. The van der Waals surface area contributed by atoms with Crippen LogP contribution < -0.4 is 5.73 Å². The van der Waals surface area contributed by atoms with Gasteiger partial charge in [0.25, 0.3) is 0 Å². The maximum Gasteiger partial charge on any atom is 0.328 e. The highest BCUT2D eigenvalue weighted by molar-refractivity contribution is 5.76. The van der Waals surface area contributed by atoms with E-state index < -0.39 is 12.0 Å². The van der Waals surface area contributed by atoms with Crippen LogP contribution in [0, 0.1) is 5.41 Å². The molecule has 0 aromatic rings. The minimum absolute atomic E-state index is 0.0411. The number of unbranched alkanes of at least 4 members (excludes halogenated alkanes) is 1. The maximum absolute atomic E-state index is 11.1. The number of ether oxygens (including phenoxy) is 2. The van der Waals surface area contributed by atoms with Crippen molar-refractivity contribution in [1.82, 2.24) is 0 Å². The van der Waals surface area contributed by atoms with Gasteiger partial charge in [-0.25, -0.2) is 4.79 Å². The number of carboxylic acid groups (broad SMARTS) is 1. The summed E-state index contributed by atoms with van der Waals surface area (Å²) in [4.78, 5) is 15.2. The normalized spacial score (nSPS) is 21.1. The molecule has 20 heavy (non-hydrogen) atoms. The van der Waals surface area contributed by atoms with Crippen molar-refractivity contribution in [2.24, 2.45) is 16.1 Å². The van der Waals surface area contributed by atoms with Crippen LogP contribution in [0.1, 0.15) is 39.5 Å². The van der Waals surface area contributed by atoms with Gasteiger partial charge in [0, 0.05) is 18.1 Å². The molecule has 1 heterocycles. The highest BCUT2D eigenvalue weighted by atomic mass is 16.7. The predicted molar refractivity (Wildman–Crippen MR) is 76.9 cm³/mol. The predicted octanol–water partition coefficient (Wildman–Crippen LogP) is 1.43. The molecule has 0 aromatic heterocycles. The van der Waals surface area contributed by atoms with E-state index in [0.29, 0.717) is 32.6 Å². The van der Waals surface area contributed by atoms with Crippen LogP contribution in [0.2, 0.25) is 0 Å². The Balaban J connectivity index is 2.32. The van der Waals surface area contributed by atoms with Gasteiger partial charge in [-0.3, -0.25) is 4.99 Å². The first-order valence-corrected chi connectivity index (χ1v) is 7.12. The van der Waals surface area contributed by atoms with E-state index in [4.69, 9.17) is 20.3 Å². The third-order valence-corrected chi connectivity index (χ3v) is 3.12. The number of nitrogens with two attached hydrogens (primary N) is 1. The average molecular weight is 286 g/mol. The molecule has 0 aliphatic carbocycles. The number of aliphatic imine (C=N–C) groups is 1. The molecule has 6 heteroatoms. The van der Waals surface area contributed by atoms with E-state index in [1.165, 1.54) is 0 Å². The van der Waals surface area contributed by atoms with Crippen LogP contribution in [-0.2, 0) is 14.3 Å². The summed E-state index contributed by atoms with van der Waals surface area (Å²) in [5.41, 5.74) is 5.43. The maximum atomic E-state index is 11.1. The summed E-state index contributed by atoms with van der Waals surface area (Å²) >= 11 is 0. The number of hydrogen-bond acceptors (Lipinski definition) is 5. The van der Waals surface area contributed by atoms with Crippen molar-refractivity contribution >= 4 is 12.2 Å². The lowest BCUT2D eigenvalue weighted by Crippen LogP contribution is -2.37. The summed E-state index contributed by atoms with van der Waals surface area (Å²) in [5, 5.41) is 9.07. The lowest BCUT2D eigenvalue weighted by Gasteiger charge is -2.34. The van der Waals surface area contributed by atoms with Gasteiger partial charge in [0.1, 0.15) is 6.04 Å². The van der Waals surface area contributed by atoms with Gasteiger partial charge in [-0.15, -0.1) is 0 Å². The molecule has 0 saturated carbocycles. The van der Waals surface area contributed by atoms with Crippen molar-refractivity contribution in [1.29, 1.82) is 0 Å². The molecular weight excluding hydrogens is 260 g/mol. The zero-order valence-electron chi connectivity index (χ0n) is 12.4. The fraction of sp³-hybridized carbons (Fsp3) is 0.857. The molecule has 0 aromatic carbocycles. The van der Waals surface area contributed by atoms with Gasteiger partial charge in [-0.05, 0) is 25.8 Å². The summed E-state index contributed by atoms with van der Waals surface area (Å²) in [7, 11) is 0. The molecular formula is C14H26N2O4. The van der Waals surface area contributed by atoms with Gasteiger partial charge < -0.3 is 20.3 Å². The molecule has 0 radical (unpaired) electrons. The third-order valence-electron chi connectivity index (χ3n) is 3.12. The topological polar surface area (TPSA) is 94.1 Å². The van der Waals surface area contributed by atoms with Crippen molar-refractivity contribution in [3.8, 4) is 0 Å². The first-order chi connectivity index (χ1) is 9.44. The summed E-state index contributed by atoms with van der Waals surface area (Å²) in [5.74, 6) is -0.898. The lowest BCUT2D eigenvalue weighted by molar-refractivity contribution is -0.217. The molecule has 0 unspecified atom stereocenters. The second-order valence-corrected chi connectivity index (χ2v) is 5.92. The Morgan fingerprint density at radius 3 is 2.65 bits per heavy atom. The van der Waals surface area contributed by atoms with Crippen LogP contribution in [0.5, 0.6) is 0 Å². The van der Waals surface area contributed by atoms with Gasteiger partial charge in [0.15, 0.2) is 6.29 Å². The number of rotatable bonds is 8. The van der Waals surface area contributed by atoms with Gasteiger partial charge in [0.05, 0.1) is 13.2 Å². The Labute approximate surface area is 120 Å². The number of hydrogen-bond donors (Lipinski definition) is 2. The van der Waals surface area contributed by atoms with Crippen LogP contribution in [0.3, 0.4) is 0 Å². The number of nitrogens with zero attached hydrogens (tertiary/aromatic N) is 1. The molecule has 1 rings (SSSR count). The van der Waals surface area contributed by atoms with E-state index in [-0.39, 0.29) is 11.7 Å². The van der Waals surface area contributed by atoms with Crippen LogP contribution in [0.25, 0.3) is 0 Å². The SMILES string of the molecule is CC1(C)COC(CC=N[C@@H](CCCCN)C(=O)O)OC1. The molecule has 1 atom stereocenters. The first kappa shape index (κ1) is 17.1. The van der Waals surface area contributed by atoms with E-state index in [1.54, 1.807) is 6.21 Å². The molecule has 1 aliphatic heterocycles. The largest absolute Gasteiger partial charge is 0.480 e. The molecule has 0 bridgehead atoms. The minimum atomic E-state index is -0.898. The molecule has 0 amide bonds. The van der Waals surface area contributed by atoms with Crippen molar-refractivity contribution in [3.05, 3.63) is 0 Å². The standard InChI is InChI=1S/C14H26N2O4/c1-14(2)9-19-12(20-10-14)6-8-16-11(13(17)18)5-3-4-7-15/h8,11-12H,3-7,9-10,15H2,1-2H3,(H,17,18)/t11-/m0/s1. The third kappa shape index (κ3) is 6.45. The molecule has 0 spiro atoms. The minimum Gasteiger partial charge on any atom is -0.480 e. The van der Waals surface area contributed by atoms with E-state index in [1.807, 2.05) is 0 Å². The van der Waals surface area contributed by atoms with E-state index in [9.17, 15) is 4.79 Å². The van der Waals surface area contributed by atoms with Gasteiger partial charge in [0.2, 0.25) is 0 Å². The van der Waals surface area contributed by atoms with Crippen LogP contribution in [-0.4, -0.2) is 49.4 Å². The molecule has 1 saturated heterocycles. The van der Waals surface area contributed by atoms with Crippen molar-refractivity contribution < 1.29 is 19.4 Å². The summed E-state index contributed by atoms with van der Waals surface area (Å²) in [6.07, 6.45) is 3.88. The zero-order chi connectivity index (χ0) is 15.0. The average Bonchev–Trinajstić information content (AvgIpc) is 2.38. The fourth-order valence-corrected chi connectivity index (χ4v) is 1.88. The highest BCUT2D eigenvalue weighted by Crippen LogP contribution is 2.23. The smallest absolute Gasteiger partial charge is 0.328 e. The fourth-order valence-electron chi connectivity index (χ4n) is 1.88. The number of carboxylic acids is 1. The van der Waals surface area contributed by atoms with Crippen LogP contribution in [0.15, 0.2) is 4.99 Å². The van der Waals surface area contributed by atoms with Crippen molar-refractivity contribution in [2.75, 3.05) is 19.8 Å². The Bertz CT molecular complexity index is 321. The first-order valence-electron chi connectivity index (χ1n) is 7.12. The molecule has 1 fully saturated rings. The monoisotopic (exact) mass is 286 g/mol. The molecule has 116 valence electrons. The summed E-state index contributed by atoms with van der Waals surface area (Å²) in [6, 6.07) is -0.693. The second-order valence-electron chi connectivity index (χ2n) is 5.92. The highest BCUT2D eigenvalue weighted by Gasteiger charge is 2.27. The Hall–Kier alpha value is -0.980. The van der Waals surface area contributed by atoms with E-state index in [2.05, 4.69) is 18.8 Å². The molecule has 1 aliphatic rings. The summed E-state index contributed by atoms with van der Waals surface area (Å²) in [6.45, 7) is 6.02. The zero-order valence-corrected chi connectivity index (χ0v) is 12.4. The molecule has 3 N–H and O–H groups in total. The van der Waals surface area contributed by atoms with E-state index in [0.717, 1.165) is 12.8 Å². The molecule has 6 nitrogen and oxygen atoms in total. The van der Waals surface area contributed by atoms with E-state index >= 15 is 0 Å². The Morgan fingerprint density at radius 1 is 1.45 bits per heavy atom. The Morgan fingerprint density at radius 2 is 2.10 bits per heavy atom. The van der Waals surface area contributed by atoms with Crippen molar-refractivity contribution in [3.63, 3.8) is 0 Å². The van der Waals surface area contributed by atoms with Crippen LogP contribution in [0.4, 0.5) is 0 Å². The van der Waals surface area contributed by atoms with Gasteiger partial charge >= 0.3 is 5.97 Å². The van der Waals surface area contributed by atoms with Crippen LogP contribution >= 0.6 is 0 Å². The second kappa shape index (κ2) is 8.34. The number of aliphatic carboxylic acids is 1. The lowest BCUT2D eigenvalue weighted by atomic mass is 9.95. The number of carbonyl (C=O) groups is 1. The van der Waals surface area contributed by atoms with Gasteiger partial charge in [-0.1, -0.05) is 13.8 Å². The Kier molecular flexibility index (Phi) is 7.12. The van der Waals surface area contributed by atoms with Gasteiger partial charge in [-0.2, -0.15) is 0 Å². The quantitative estimate of drug-likeness (QED) is 0.520. The van der Waals surface area contributed by atoms with Crippen molar-refractivity contribution in [2.45, 2.75) is 51.9 Å².